The first kappa shape index (κ1) is 24.5. The summed E-state index contributed by atoms with van der Waals surface area (Å²) >= 11 is 0. The average molecular weight is 504 g/mol. The van der Waals surface area contributed by atoms with Gasteiger partial charge in [-0.15, -0.1) is 0 Å². The van der Waals surface area contributed by atoms with Crippen molar-refractivity contribution in [3.8, 4) is 34.5 Å². The lowest BCUT2D eigenvalue weighted by molar-refractivity contribution is 0.0872. The fourth-order valence-corrected chi connectivity index (χ4v) is 4.67. The second-order valence-electron chi connectivity index (χ2n) is 8.87. The van der Waals surface area contributed by atoms with E-state index in [1.54, 1.807) is 46.6 Å². The number of carbonyl (C=O) groups excluding carboxylic acids is 1. The van der Waals surface area contributed by atoms with Crippen LogP contribution in [0.1, 0.15) is 32.6 Å². The third-order valence-corrected chi connectivity index (χ3v) is 6.58. The normalized spacial score (nSPS) is 15.5. The van der Waals surface area contributed by atoms with Crippen LogP contribution in [-0.2, 0) is 13.1 Å². The molecule has 0 saturated carbocycles. The van der Waals surface area contributed by atoms with Gasteiger partial charge in [-0.3, -0.25) is 9.69 Å². The zero-order valence-corrected chi connectivity index (χ0v) is 21.5. The third-order valence-electron chi connectivity index (χ3n) is 6.58. The molecule has 2 heterocycles. The van der Waals surface area contributed by atoms with Crippen LogP contribution in [0.5, 0.6) is 34.5 Å². The van der Waals surface area contributed by atoms with E-state index in [0.717, 1.165) is 28.2 Å². The van der Waals surface area contributed by atoms with Crippen LogP contribution >= 0.6 is 0 Å². The molecule has 0 bridgehead atoms. The lowest BCUT2D eigenvalue weighted by atomic mass is 9.98. The van der Waals surface area contributed by atoms with Gasteiger partial charge < -0.3 is 28.4 Å². The standard InChI is InChI=1S/C29H29NO7/c1-17-10-23-21(15-30(16-36-23)14-18-6-8-20(32-2)9-7-18)29-27(17)28(31)26(37-29)12-19-11-24(34-4)25(35-5)13-22(19)33-3/h6-13H,14-16H2,1-5H3/b26-12-. The van der Waals surface area contributed by atoms with Gasteiger partial charge >= 0.3 is 0 Å². The molecule has 0 spiro atoms. The van der Waals surface area contributed by atoms with Crippen molar-refractivity contribution in [1.29, 1.82) is 0 Å². The molecule has 8 nitrogen and oxygen atoms in total. The SMILES string of the molecule is COc1ccc(CN2COc3cc(C)c4c(c3C2)O/C(=C\c2cc(OC)c(OC)cc2OC)C4=O)cc1. The molecule has 0 atom stereocenters. The van der Waals surface area contributed by atoms with Gasteiger partial charge in [0.1, 0.15) is 29.7 Å². The molecular weight excluding hydrogens is 474 g/mol. The Hall–Kier alpha value is -4.17. The third kappa shape index (κ3) is 4.56. The summed E-state index contributed by atoms with van der Waals surface area (Å²) in [7, 11) is 6.33. The summed E-state index contributed by atoms with van der Waals surface area (Å²) < 4.78 is 33.9. The first-order valence-electron chi connectivity index (χ1n) is 11.8. The van der Waals surface area contributed by atoms with Crippen LogP contribution in [0, 0.1) is 6.92 Å². The minimum absolute atomic E-state index is 0.181. The predicted octanol–water partition coefficient (Wildman–Crippen LogP) is 5.00. The van der Waals surface area contributed by atoms with Crippen LogP contribution in [0.25, 0.3) is 6.08 Å². The zero-order chi connectivity index (χ0) is 26.1. The topological polar surface area (TPSA) is 75.7 Å². The molecule has 3 aromatic rings. The van der Waals surface area contributed by atoms with Crippen LogP contribution in [-0.4, -0.2) is 45.9 Å². The first-order chi connectivity index (χ1) is 17.9. The summed E-state index contributed by atoms with van der Waals surface area (Å²) in [6.07, 6.45) is 1.67. The molecule has 2 aliphatic rings. The van der Waals surface area contributed by atoms with Crippen LogP contribution in [0.4, 0.5) is 0 Å². The number of ether oxygens (including phenoxy) is 6. The second kappa shape index (κ2) is 10.1. The van der Waals surface area contributed by atoms with Crippen molar-refractivity contribution >= 4 is 11.9 Å². The molecule has 5 rings (SSSR count). The Kier molecular flexibility index (Phi) is 6.67. The number of fused-ring (bicyclic) bond motifs is 3. The minimum Gasteiger partial charge on any atom is -0.497 e. The molecule has 0 unspecified atom stereocenters. The van der Waals surface area contributed by atoms with Crippen molar-refractivity contribution in [3.05, 3.63) is 76.0 Å². The number of nitrogens with zero attached hydrogens (tertiary/aromatic N) is 1. The summed E-state index contributed by atoms with van der Waals surface area (Å²) in [6.45, 7) is 3.61. The fraction of sp³-hybridized carbons (Fsp3) is 0.276. The number of benzene rings is 3. The van der Waals surface area contributed by atoms with E-state index >= 15 is 0 Å². The van der Waals surface area contributed by atoms with E-state index in [1.807, 2.05) is 37.3 Å². The summed E-state index contributed by atoms with van der Waals surface area (Å²) in [5.74, 6) is 3.71. The number of hydrogen-bond acceptors (Lipinski definition) is 8. The second-order valence-corrected chi connectivity index (χ2v) is 8.87. The van der Waals surface area contributed by atoms with Crippen molar-refractivity contribution in [1.82, 2.24) is 4.90 Å². The van der Waals surface area contributed by atoms with E-state index in [2.05, 4.69) is 4.90 Å². The number of rotatable bonds is 7. The van der Waals surface area contributed by atoms with Gasteiger partial charge in [-0.1, -0.05) is 12.1 Å². The highest BCUT2D eigenvalue weighted by atomic mass is 16.5. The smallest absolute Gasteiger partial charge is 0.232 e. The summed E-state index contributed by atoms with van der Waals surface area (Å²) in [5.41, 5.74) is 4.00. The van der Waals surface area contributed by atoms with E-state index in [0.29, 0.717) is 53.9 Å². The van der Waals surface area contributed by atoms with Crippen molar-refractivity contribution in [2.24, 2.45) is 0 Å². The minimum atomic E-state index is -0.181. The lowest BCUT2D eigenvalue weighted by Crippen LogP contribution is -2.31. The average Bonchev–Trinajstić information content (AvgIpc) is 3.25. The maximum Gasteiger partial charge on any atom is 0.232 e. The molecule has 0 amide bonds. The molecule has 0 radical (unpaired) electrons. The van der Waals surface area contributed by atoms with Crippen molar-refractivity contribution in [2.75, 3.05) is 35.2 Å². The van der Waals surface area contributed by atoms with Gasteiger partial charge in [-0.05, 0) is 48.4 Å². The Morgan fingerprint density at radius 3 is 2.30 bits per heavy atom. The molecule has 2 aliphatic heterocycles. The van der Waals surface area contributed by atoms with Gasteiger partial charge in [0.15, 0.2) is 17.3 Å². The number of aryl methyl sites for hydroxylation is 1. The Bertz CT molecular complexity index is 1380. The van der Waals surface area contributed by atoms with Crippen LogP contribution < -0.4 is 28.4 Å². The van der Waals surface area contributed by atoms with E-state index in [4.69, 9.17) is 28.4 Å². The highest BCUT2D eigenvalue weighted by Gasteiger charge is 2.35. The van der Waals surface area contributed by atoms with Gasteiger partial charge in [0.25, 0.3) is 0 Å². The zero-order valence-electron chi connectivity index (χ0n) is 21.5. The molecule has 0 saturated heterocycles. The molecule has 8 heteroatoms. The van der Waals surface area contributed by atoms with Gasteiger partial charge in [0.05, 0.1) is 39.6 Å². The van der Waals surface area contributed by atoms with E-state index < -0.39 is 0 Å². The monoisotopic (exact) mass is 503 g/mol. The number of methoxy groups -OCH3 is 4. The van der Waals surface area contributed by atoms with Crippen molar-refractivity contribution in [3.63, 3.8) is 0 Å². The van der Waals surface area contributed by atoms with Crippen LogP contribution in [0.2, 0.25) is 0 Å². The largest absolute Gasteiger partial charge is 0.497 e. The van der Waals surface area contributed by atoms with E-state index in [1.165, 1.54) is 0 Å². The lowest BCUT2D eigenvalue weighted by Gasteiger charge is -2.30. The highest BCUT2D eigenvalue weighted by Crippen LogP contribution is 2.45. The van der Waals surface area contributed by atoms with E-state index in [-0.39, 0.29) is 11.5 Å². The number of hydrogen-bond donors (Lipinski definition) is 0. The molecule has 3 aromatic carbocycles. The highest BCUT2D eigenvalue weighted by molar-refractivity contribution is 6.16. The molecule has 37 heavy (non-hydrogen) atoms. The molecule has 0 aromatic heterocycles. The predicted molar refractivity (Wildman–Crippen MR) is 138 cm³/mol. The Morgan fingerprint density at radius 1 is 0.919 bits per heavy atom. The molecule has 0 N–H and O–H groups in total. The van der Waals surface area contributed by atoms with Crippen molar-refractivity contribution < 1.29 is 33.2 Å². The summed E-state index contributed by atoms with van der Waals surface area (Å²) in [6, 6.07) is 13.3. The van der Waals surface area contributed by atoms with E-state index in [9.17, 15) is 4.79 Å². The Morgan fingerprint density at radius 2 is 1.62 bits per heavy atom. The number of allylic oxidation sites excluding steroid dienone is 1. The number of carbonyl (C=O) groups is 1. The molecule has 0 fully saturated rings. The van der Waals surface area contributed by atoms with Gasteiger partial charge in [0, 0.05) is 24.7 Å². The van der Waals surface area contributed by atoms with Crippen molar-refractivity contribution in [2.45, 2.75) is 20.0 Å². The molecular formula is C29H29NO7. The van der Waals surface area contributed by atoms with Crippen LogP contribution in [0.15, 0.2) is 48.2 Å². The summed E-state index contributed by atoms with van der Waals surface area (Å²) in [4.78, 5) is 15.6. The van der Waals surface area contributed by atoms with Gasteiger partial charge in [-0.2, -0.15) is 0 Å². The maximum absolute atomic E-state index is 13.5. The molecule has 0 aliphatic carbocycles. The number of Topliss-reactive ketones (excluding diaryl/α,β-unsaturated/α-hetero) is 1. The quantitative estimate of drug-likeness (QED) is 0.417. The summed E-state index contributed by atoms with van der Waals surface area (Å²) in [5, 5.41) is 0. The fourth-order valence-electron chi connectivity index (χ4n) is 4.67. The van der Waals surface area contributed by atoms with Gasteiger partial charge in [0.2, 0.25) is 5.78 Å². The maximum atomic E-state index is 13.5. The van der Waals surface area contributed by atoms with Crippen LogP contribution in [0.3, 0.4) is 0 Å². The molecule has 192 valence electrons. The van der Waals surface area contributed by atoms with Gasteiger partial charge in [-0.25, -0.2) is 0 Å². The Labute approximate surface area is 215 Å². The first-order valence-corrected chi connectivity index (χ1v) is 11.8. The Balaban J connectivity index is 1.46. The number of ketones is 1.